The highest BCUT2D eigenvalue weighted by atomic mass is 15.1. The molecule has 0 radical (unpaired) electrons. The van der Waals surface area contributed by atoms with Crippen molar-refractivity contribution >= 4 is 77.7 Å². The van der Waals surface area contributed by atoms with Crippen molar-refractivity contribution in [3.05, 3.63) is 531 Å². The van der Waals surface area contributed by atoms with Crippen molar-refractivity contribution in [3.63, 3.8) is 0 Å². The minimum absolute atomic E-state index is 0.105. The highest BCUT2D eigenvalue weighted by Crippen LogP contribution is 2.57. The van der Waals surface area contributed by atoms with Gasteiger partial charge in [-0.1, -0.05) is 393 Å². The van der Waals surface area contributed by atoms with Crippen LogP contribution in [0.1, 0.15) is 74.9 Å². The zero-order valence-electron chi connectivity index (χ0n) is 78.6. The smallest absolute Gasteiger partial charge is 0.0541 e. The van der Waals surface area contributed by atoms with Crippen molar-refractivity contribution in [1.29, 1.82) is 0 Å². The standard InChI is InChI=1S/C72H54N2.C63H46N2/c1-71(2)65-43-53(47-16-8-5-9-17-47)30-37-59(65)61-39-35-57(45-67(61)71)73(58-36-40-62-60-38-31-54(48-18-10-6-11-19-48)44-66(60)72(3,4)68(62)46-58)56-33-28-50(29-34-56)49-24-26-51(27-25-49)52-32-41-70-64(42-52)63-22-14-15-23-69(63)74(70)55-20-12-7-13-21-55;1-63(2)59-19-11-9-17-55(59)56-39-38-54(42-60(56)63)64(52-34-29-47(30-35-52)45-23-21-44(22-24-45)43-13-5-3-6-14-43)53-36-31-48(32-37-53)46-25-27-49(28-26-46)50-33-40-62-58(41-50)57-18-10-12-20-61(57)65(62)51-15-7-4-8-16-51/h5-46H,1-4H3;3-42H,1-2H3. The first-order valence-corrected chi connectivity index (χ1v) is 48.6. The molecule has 4 heteroatoms. The quantitative estimate of drug-likeness (QED) is 0.0959. The lowest BCUT2D eigenvalue weighted by Crippen LogP contribution is -2.18. The van der Waals surface area contributed by atoms with Crippen molar-refractivity contribution < 1.29 is 0 Å². The number of rotatable bonds is 16. The van der Waals surface area contributed by atoms with Crippen LogP contribution in [-0.4, -0.2) is 9.13 Å². The van der Waals surface area contributed by atoms with E-state index in [9.17, 15) is 0 Å². The second-order valence-electron chi connectivity index (χ2n) is 39.1. The summed E-state index contributed by atoms with van der Waals surface area (Å²) < 4.78 is 4.74. The van der Waals surface area contributed by atoms with Gasteiger partial charge in [-0.3, -0.25) is 0 Å². The monoisotopic (exact) mass is 1780 g/mol. The fourth-order valence-electron chi connectivity index (χ4n) is 22.7. The molecule has 0 saturated carbocycles. The van der Waals surface area contributed by atoms with Crippen LogP contribution in [0.4, 0.5) is 34.1 Å². The van der Waals surface area contributed by atoms with Gasteiger partial charge in [-0.25, -0.2) is 0 Å². The summed E-state index contributed by atoms with van der Waals surface area (Å²) in [6, 6.07) is 183. The first-order valence-electron chi connectivity index (χ1n) is 48.6. The molecule has 4 nitrogen and oxygen atoms in total. The number of hydrogen-bond acceptors (Lipinski definition) is 2. The van der Waals surface area contributed by atoms with E-state index < -0.39 is 0 Å². The molecular weight excluding hydrogens is 1680 g/mol. The Morgan fingerprint density at radius 3 is 0.698 bits per heavy atom. The van der Waals surface area contributed by atoms with E-state index in [0.717, 1.165) is 34.1 Å². The average Bonchev–Trinajstić information content (AvgIpc) is 1.53. The van der Waals surface area contributed by atoms with Crippen LogP contribution in [0, 0.1) is 0 Å². The van der Waals surface area contributed by atoms with E-state index >= 15 is 0 Å². The van der Waals surface area contributed by atoms with Gasteiger partial charge < -0.3 is 18.9 Å². The molecule has 3 aliphatic carbocycles. The van der Waals surface area contributed by atoms with E-state index in [1.54, 1.807) is 0 Å². The zero-order chi connectivity index (χ0) is 93.2. The molecule has 0 spiro atoms. The minimum Gasteiger partial charge on any atom is -0.310 e. The summed E-state index contributed by atoms with van der Waals surface area (Å²) in [5.41, 5.74) is 49.0. The van der Waals surface area contributed by atoms with Crippen molar-refractivity contribution in [3.8, 4) is 134 Å². The molecular formula is C135H100N4. The topological polar surface area (TPSA) is 16.3 Å². The lowest BCUT2D eigenvalue weighted by Gasteiger charge is -2.30. The second-order valence-corrected chi connectivity index (χ2v) is 39.1. The number of hydrogen-bond donors (Lipinski definition) is 0. The SMILES string of the molecule is CC1(C)c2cc(-c3ccccc3)ccc2-c2ccc(N(c3ccc(-c4ccc(-c5ccc6c(c5)c5ccccc5n6-c5ccccc5)cc4)cc3)c3ccc4c(c3)C(C)(C)c3cc(-c5ccccc5)ccc3-4)cc21.CC1(C)c2ccccc2-c2ccc(N(c3ccc(-c4ccc(-c5ccccc5)cc4)cc3)c3ccc(-c4ccc(-c5ccc6c(c5)c5ccccc5n6-c5ccccc5)cc4)cc3)cc21. The van der Waals surface area contributed by atoms with Crippen molar-refractivity contribution in [1.82, 2.24) is 9.13 Å². The number of aromatic nitrogens is 2. The molecule has 0 fully saturated rings. The second kappa shape index (κ2) is 33.7. The van der Waals surface area contributed by atoms with E-state index in [1.165, 1.54) is 211 Å². The van der Waals surface area contributed by atoms with Crippen LogP contribution in [0.5, 0.6) is 0 Å². The lowest BCUT2D eigenvalue weighted by atomic mass is 9.81. The van der Waals surface area contributed by atoms with E-state index in [4.69, 9.17) is 0 Å². The van der Waals surface area contributed by atoms with Gasteiger partial charge in [0.1, 0.15) is 0 Å². The number of fused-ring (bicyclic) bond motifs is 15. The number of anilines is 6. The Kier molecular flexibility index (Phi) is 20.3. The Hall–Kier alpha value is -17.2. The van der Waals surface area contributed by atoms with E-state index in [0.29, 0.717) is 0 Å². The van der Waals surface area contributed by atoms with Crippen molar-refractivity contribution in [2.75, 3.05) is 9.80 Å². The molecule has 0 bridgehead atoms. The van der Waals surface area contributed by atoms with Crippen molar-refractivity contribution in [2.24, 2.45) is 0 Å². The maximum Gasteiger partial charge on any atom is 0.0541 e. The summed E-state index contributed by atoms with van der Waals surface area (Å²) in [6.07, 6.45) is 0. The van der Waals surface area contributed by atoms with Gasteiger partial charge in [-0.05, 0) is 301 Å². The highest BCUT2D eigenvalue weighted by molar-refractivity contribution is 6.12. The van der Waals surface area contributed by atoms with Crippen LogP contribution in [0.15, 0.2) is 497 Å². The van der Waals surface area contributed by atoms with Crippen LogP contribution in [0.2, 0.25) is 0 Å². The van der Waals surface area contributed by atoms with Crippen molar-refractivity contribution in [2.45, 2.75) is 57.8 Å². The van der Waals surface area contributed by atoms with Crippen LogP contribution in [-0.2, 0) is 16.2 Å². The fourth-order valence-corrected chi connectivity index (χ4v) is 22.7. The Labute approximate surface area is 813 Å². The Balaban J connectivity index is 0.000000148. The summed E-state index contributed by atoms with van der Waals surface area (Å²) in [4.78, 5) is 4.88. The summed E-state index contributed by atoms with van der Waals surface area (Å²) in [5, 5.41) is 5.04. The third kappa shape index (κ3) is 14.5. The zero-order valence-corrected chi connectivity index (χ0v) is 78.6. The normalized spacial score (nSPS) is 13.1. The summed E-state index contributed by atoms with van der Waals surface area (Å²) in [7, 11) is 0. The molecule has 0 atom stereocenters. The first-order chi connectivity index (χ1) is 68.2. The van der Waals surface area contributed by atoms with Gasteiger partial charge >= 0.3 is 0 Å². The Bertz CT molecular complexity index is 8520. The highest BCUT2D eigenvalue weighted by Gasteiger charge is 2.40. The van der Waals surface area contributed by atoms with E-state index in [1.807, 2.05) is 0 Å². The Morgan fingerprint density at radius 1 is 0.144 bits per heavy atom. The molecule has 2 aromatic heterocycles. The first kappa shape index (κ1) is 83.6. The predicted molar refractivity (Wildman–Crippen MR) is 587 cm³/mol. The van der Waals surface area contributed by atoms with Crippen LogP contribution >= 0.6 is 0 Å². The fraction of sp³-hybridized carbons (Fsp3) is 0.0667. The van der Waals surface area contributed by atoms with Crippen LogP contribution < -0.4 is 9.80 Å². The molecule has 0 unspecified atom stereocenters. The Morgan fingerprint density at radius 2 is 0.353 bits per heavy atom. The third-order valence-electron chi connectivity index (χ3n) is 30.1. The molecule has 2 heterocycles. The number of nitrogens with zero attached hydrogens (tertiary/aromatic N) is 4. The van der Waals surface area contributed by atoms with Crippen LogP contribution in [0.3, 0.4) is 0 Å². The average molecular weight is 1780 g/mol. The molecule has 660 valence electrons. The molecule has 0 aliphatic heterocycles. The molecule has 0 amide bonds. The van der Waals surface area contributed by atoms with Gasteiger partial charge in [0, 0.05) is 83.3 Å². The largest absolute Gasteiger partial charge is 0.310 e. The van der Waals surface area contributed by atoms with Gasteiger partial charge in [-0.15, -0.1) is 0 Å². The van der Waals surface area contributed by atoms with Gasteiger partial charge in [0.2, 0.25) is 0 Å². The van der Waals surface area contributed by atoms with E-state index in [2.05, 4.69) is 558 Å². The maximum atomic E-state index is 2.47. The molecule has 23 aromatic rings. The molecule has 139 heavy (non-hydrogen) atoms. The van der Waals surface area contributed by atoms with E-state index in [-0.39, 0.29) is 16.2 Å². The van der Waals surface area contributed by atoms with Gasteiger partial charge in [0.05, 0.1) is 22.1 Å². The molecule has 21 aromatic carbocycles. The summed E-state index contributed by atoms with van der Waals surface area (Å²) >= 11 is 0. The number of benzene rings is 21. The van der Waals surface area contributed by atoms with Gasteiger partial charge in [0.25, 0.3) is 0 Å². The third-order valence-corrected chi connectivity index (χ3v) is 30.1. The van der Waals surface area contributed by atoms with Gasteiger partial charge in [0.15, 0.2) is 0 Å². The molecule has 3 aliphatic rings. The summed E-state index contributed by atoms with van der Waals surface area (Å²) in [6.45, 7) is 14.3. The molecule has 26 rings (SSSR count). The number of para-hydroxylation sites is 4. The maximum absolute atomic E-state index is 2.47. The minimum atomic E-state index is -0.196. The van der Waals surface area contributed by atoms with Gasteiger partial charge in [-0.2, -0.15) is 0 Å². The van der Waals surface area contributed by atoms with Crippen LogP contribution in [0.25, 0.3) is 177 Å². The molecule has 0 N–H and O–H groups in total. The lowest BCUT2D eigenvalue weighted by molar-refractivity contribution is 0.660. The molecule has 0 saturated heterocycles. The summed E-state index contributed by atoms with van der Waals surface area (Å²) in [5.74, 6) is 0. The predicted octanol–water partition coefficient (Wildman–Crippen LogP) is 36.8.